The van der Waals surface area contributed by atoms with E-state index in [1.807, 2.05) is 11.9 Å². The highest BCUT2D eigenvalue weighted by molar-refractivity contribution is 5.85. The van der Waals surface area contributed by atoms with Gasteiger partial charge in [0.1, 0.15) is 5.82 Å². The minimum Gasteiger partial charge on any atom is -0.342 e. The molecule has 1 aromatic carbocycles. The van der Waals surface area contributed by atoms with Gasteiger partial charge in [-0.2, -0.15) is 0 Å². The maximum Gasteiger partial charge on any atom is 0.226 e. The van der Waals surface area contributed by atoms with E-state index in [2.05, 4.69) is 5.32 Å². The first-order chi connectivity index (χ1) is 8.66. The maximum absolute atomic E-state index is 13.0. The Morgan fingerprint density at radius 1 is 1.42 bits per heavy atom. The minimum atomic E-state index is -0.287. The van der Waals surface area contributed by atoms with Crippen LogP contribution < -0.4 is 5.32 Å². The van der Waals surface area contributed by atoms with Crippen LogP contribution in [-0.2, 0) is 11.2 Å². The van der Waals surface area contributed by atoms with Crippen molar-refractivity contribution in [2.75, 3.05) is 20.1 Å². The molecule has 1 aliphatic rings. The Kier molecular flexibility index (Phi) is 6.25. The molecule has 0 aliphatic carbocycles. The van der Waals surface area contributed by atoms with Gasteiger partial charge in [0, 0.05) is 13.1 Å². The number of nitrogens with zero attached hydrogens (tertiary/aromatic N) is 1. The van der Waals surface area contributed by atoms with Crippen molar-refractivity contribution in [1.82, 2.24) is 10.2 Å². The number of amides is 1. The molecular formula is C14H20ClFN2O. The summed E-state index contributed by atoms with van der Waals surface area (Å²) in [6.45, 7) is 1.92. The molecule has 3 nitrogen and oxygen atoms in total. The molecule has 0 atom stereocenters. The average Bonchev–Trinajstić information content (AvgIpc) is 2.39. The highest BCUT2D eigenvalue weighted by Gasteiger charge is 2.21. The quantitative estimate of drug-likeness (QED) is 0.922. The molecule has 0 radical (unpaired) electrons. The standard InChI is InChI=1S/C14H19FN2O.ClH/c1-17(13-5-7-16-8-6-13)14(18)10-11-3-2-4-12(15)9-11;/h2-4,9,13,16H,5-8,10H2,1H3;1H. The van der Waals surface area contributed by atoms with Crippen LogP contribution in [0.15, 0.2) is 24.3 Å². The first-order valence-corrected chi connectivity index (χ1v) is 6.37. The van der Waals surface area contributed by atoms with Crippen LogP contribution in [0, 0.1) is 5.82 Å². The van der Waals surface area contributed by atoms with E-state index >= 15 is 0 Å². The maximum atomic E-state index is 13.0. The van der Waals surface area contributed by atoms with Gasteiger partial charge in [0.05, 0.1) is 6.42 Å². The van der Waals surface area contributed by atoms with E-state index in [4.69, 9.17) is 0 Å². The molecule has 1 N–H and O–H groups in total. The number of nitrogens with one attached hydrogen (secondary N) is 1. The van der Waals surface area contributed by atoms with E-state index in [1.54, 1.807) is 12.1 Å². The number of piperidine rings is 1. The second-order valence-electron chi connectivity index (χ2n) is 4.79. The topological polar surface area (TPSA) is 32.3 Å². The summed E-state index contributed by atoms with van der Waals surface area (Å²) in [6.07, 6.45) is 2.26. The van der Waals surface area contributed by atoms with Crippen LogP contribution in [0.25, 0.3) is 0 Å². The van der Waals surface area contributed by atoms with Crippen LogP contribution in [0.4, 0.5) is 4.39 Å². The molecular weight excluding hydrogens is 267 g/mol. The van der Waals surface area contributed by atoms with Crippen LogP contribution in [0.2, 0.25) is 0 Å². The van der Waals surface area contributed by atoms with Gasteiger partial charge in [-0.05, 0) is 43.6 Å². The molecule has 0 unspecified atom stereocenters. The molecule has 0 bridgehead atoms. The molecule has 2 rings (SSSR count). The predicted octanol–water partition coefficient (Wildman–Crippen LogP) is 2.00. The Labute approximate surface area is 119 Å². The van der Waals surface area contributed by atoms with E-state index in [9.17, 15) is 9.18 Å². The van der Waals surface area contributed by atoms with Gasteiger partial charge in [0.25, 0.3) is 0 Å². The van der Waals surface area contributed by atoms with Crippen molar-refractivity contribution >= 4 is 18.3 Å². The van der Waals surface area contributed by atoms with Crippen LogP contribution in [0.5, 0.6) is 0 Å². The molecule has 0 saturated carbocycles. The zero-order chi connectivity index (χ0) is 13.0. The molecule has 1 saturated heterocycles. The van der Waals surface area contributed by atoms with Crippen LogP contribution in [0.1, 0.15) is 18.4 Å². The van der Waals surface area contributed by atoms with Gasteiger partial charge < -0.3 is 10.2 Å². The summed E-state index contributed by atoms with van der Waals surface area (Å²) in [6, 6.07) is 6.56. The Morgan fingerprint density at radius 2 is 2.11 bits per heavy atom. The SMILES string of the molecule is CN(C(=O)Cc1cccc(F)c1)C1CCNCC1.Cl. The summed E-state index contributed by atoms with van der Waals surface area (Å²) >= 11 is 0. The molecule has 1 aromatic rings. The van der Waals surface area contributed by atoms with E-state index in [0.717, 1.165) is 31.5 Å². The highest BCUT2D eigenvalue weighted by atomic mass is 35.5. The van der Waals surface area contributed by atoms with E-state index in [0.29, 0.717) is 6.04 Å². The first kappa shape index (κ1) is 15.9. The summed E-state index contributed by atoms with van der Waals surface area (Å²) in [5.41, 5.74) is 0.737. The number of benzene rings is 1. The fourth-order valence-corrected chi connectivity index (χ4v) is 2.34. The highest BCUT2D eigenvalue weighted by Crippen LogP contribution is 2.12. The molecule has 1 amide bonds. The number of likely N-dealkylation sites (N-methyl/N-ethyl adjacent to an activating group) is 1. The molecule has 5 heteroatoms. The van der Waals surface area contributed by atoms with Crippen LogP contribution in [0.3, 0.4) is 0 Å². The molecule has 0 spiro atoms. The molecule has 1 heterocycles. The lowest BCUT2D eigenvalue weighted by Crippen LogP contribution is -2.44. The van der Waals surface area contributed by atoms with Gasteiger partial charge >= 0.3 is 0 Å². The van der Waals surface area contributed by atoms with E-state index < -0.39 is 0 Å². The van der Waals surface area contributed by atoms with Crippen molar-refractivity contribution in [3.63, 3.8) is 0 Å². The third kappa shape index (κ3) is 4.48. The minimum absolute atomic E-state index is 0. The number of carbonyl (C=O) groups excluding carboxylic acids is 1. The Hall–Kier alpha value is -1.13. The van der Waals surface area contributed by atoms with Crippen molar-refractivity contribution in [2.45, 2.75) is 25.3 Å². The fraction of sp³-hybridized carbons (Fsp3) is 0.500. The smallest absolute Gasteiger partial charge is 0.226 e. The normalized spacial score (nSPS) is 15.7. The van der Waals surface area contributed by atoms with Crippen LogP contribution in [-0.4, -0.2) is 37.0 Å². The zero-order valence-corrected chi connectivity index (χ0v) is 11.9. The van der Waals surface area contributed by atoms with E-state index in [-0.39, 0.29) is 30.6 Å². The summed E-state index contributed by atoms with van der Waals surface area (Å²) < 4.78 is 13.0. The van der Waals surface area contributed by atoms with Crippen LogP contribution >= 0.6 is 12.4 Å². The Balaban J connectivity index is 0.00000180. The van der Waals surface area contributed by atoms with Gasteiger partial charge in [-0.25, -0.2) is 4.39 Å². The van der Waals surface area contributed by atoms with E-state index in [1.165, 1.54) is 12.1 Å². The first-order valence-electron chi connectivity index (χ1n) is 6.37. The van der Waals surface area contributed by atoms with Gasteiger partial charge in [0.15, 0.2) is 0 Å². The summed E-state index contributed by atoms with van der Waals surface area (Å²) in [4.78, 5) is 13.9. The monoisotopic (exact) mass is 286 g/mol. The van der Waals surface area contributed by atoms with Gasteiger partial charge in [0.2, 0.25) is 5.91 Å². The van der Waals surface area contributed by atoms with Gasteiger partial charge in [-0.15, -0.1) is 12.4 Å². The van der Waals surface area contributed by atoms with Crippen molar-refractivity contribution in [3.05, 3.63) is 35.6 Å². The largest absolute Gasteiger partial charge is 0.342 e. The average molecular weight is 287 g/mol. The number of rotatable bonds is 3. The number of halogens is 2. The van der Waals surface area contributed by atoms with Crippen molar-refractivity contribution in [2.24, 2.45) is 0 Å². The van der Waals surface area contributed by atoms with Crippen molar-refractivity contribution in [1.29, 1.82) is 0 Å². The lowest BCUT2D eigenvalue weighted by Gasteiger charge is -2.31. The lowest BCUT2D eigenvalue weighted by molar-refractivity contribution is -0.131. The molecule has 1 fully saturated rings. The van der Waals surface area contributed by atoms with Gasteiger partial charge in [-0.3, -0.25) is 4.79 Å². The number of carbonyl (C=O) groups is 1. The van der Waals surface area contributed by atoms with Gasteiger partial charge in [-0.1, -0.05) is 12.1 Å². The Morgan fingerprint density at radius 3 is 2.74 bits per heavy atom. The molecule has 19 heavy (non-hydrogen) atoms. The zero-order valence-electron chi connectivity index (χ0n) is 11.1. The third-order valence-electron chi connectivity index (χ3n) is 3.49. The second kappa shape index (κ2) is 7.46. The summed E-state index contributed by atoms with van der Waals surface area (Å²) in [5.74, 6) is -0.225. The predicted molar refractivity (Wildman–Crippen MR) is 76.0 cm³/mol. The summed E-state index contributed by atoms with van der Waals surface area (Å²) in [5, 5.41) is 3.28. The number of hydrogen-bond donors (Lipinski definition) is 1. The summed E-state index contributed by atoms with van der Waals surface area (Å²) in [7, 11) is 1.84. The lowest BCUT2D eigenvalue weighted by atomic mass is 10.0. The van der Waals surface area contributed by atoms with Crippen molar-refractivity contribution in [3.8, 4) is 0 Å². The molecule has 0 aromatic heterocycles. The fourth-order valence-electron chi connectivity index (χ4n) is 2.34. The molecule has 106 valence electrons. The second-order valence-corrected chi connectivity index (χ2v) is 4.79. The number of hydrogen-bond acceptors (Lipinski definition) is 2. The van der Waals surface area contributed by atoms with Crippen molar-refractivity contribution < 1.29 is 9.18 Å². The molecule has 1 aliphatic heterocycles. The Bertz CT molecular complexity index is 422. The third-order valence-corrected chi connectivity index (χ3v) is 3.49.